The Hall–Kier alpha value is -1.69. The maximum Gasteiger partial charge on any atom is 0.286 e. The van der Waals surface area contributed by atoms with Crippen LogP contribution in [0.25, 0.3) is 0 Å². The third-order valence-corrected chi connectivity index (χ3v) is 1.75. The fraction of sp³-hybridized carbons (Fsp3) is 0.364. The lowest BCUT2D eigenvalue weighted by atomic mass is 10.3. The number of terminal acetylenes is 1. The molecule has 0 bridgehead atoms. The van der Waals surface area contributed by atoms with Crippen LogP contribution in [0.3, 0.4) is 0 Å². The molecule has 0 aliphatic carbocycles. The highest BCUT2D eigenvalue weighted by atomic mass is 16.3. The van der Waals surface area contributed by atoms with Crippen molar-refractivity contribution < 1.29 is 9.21 Å². The van der Waals surface area contributed by atoms with E-state index in [1.807, 2.05) is 0 Å². The van der Waals surface area contributed by atoms with Crippen LogP contribution in [0.2, 0.25) is 0 Å². The van der Waals surface area contributed by atoms with Gasteiger partial charge < -0.3 is 9.73 Å². The van der Waals surface area contributed by atoms with Gasteiger partial charge in [-0.1, -0.05) is 0 Å². The predicted molar refractivity (Wildman–Crippen MR) is 53.8 cm³/mol. The molecule has 1 amide bonds. The number of rotatable bonds is 4. The molecule has 0 spiro atoms. The van der Waals surface area contributed by atoms with Gasteiger partial charge >= 0.3 is 0 Å². The predicted octanol–water partition coefficient (Wildman–Crippen LogP) is 1.73. The summed E-state index contributed by atoms with van der Waals surface area (Å²) in [6.07, 6.45) is 6.55. The van der Waals surface area contributed by atoms with Crippen molar-refractivity contribution in [3.8, 4) is 12.3 Å². The molecular formula is C11H13NO2. The molecule has 1 rings (SSSR count). The molecule has 0 radical (unpaired) electrons. The van der Waals surface area contributed by atoms with E-state index in [1.54, 1.807) is 19.1 Å². The van der Waals surface area contributed by atoms with Crippen molar-refractivity contribution in [3.63, 3.8) is 0 Å². The van der Waals surface area contributed by atoms with Crippen molar-refractivity contribution in [2.75, 3.05) is 6.54 Å². The van der Waals surface area contributed by atoms with E-state index in [1.165, 1.54) is 0 Å². The second-order valence-corrected chi connectivity index (χ2v) is 2.97. The Morgan fingerprint density at radius 2 is 2.43 bits per heavy atom. The molecule has 0 aliphatic heterocycles. The highest BCUT2D eigenvalue weighted by Crippen LogP contribution is 2.05. The van der Waals surface area contributed by atoms with Crippen LogP contribution in [0.4, 0.5) is 0 Å². The SMILES string of the molecule is C#CCCCNC(=O)c1ccc(C)o1. The number of aryl methyl sites for hydroxylation is 1. The van der Waals surface area contributed by atoms with E-state index >= 15 is 0 Å². The third kappa shape index (κ3) is 2.98. The van der Waals surface area contributed by atoms with Gasteiger partial charge in [0.1, 0.15) is 5.76 Å². The summed E-state index contributed by atoms with van der Waals surface area (Å²) in [7, 11) is 0. The second kappa shape index (κ2) is 5.13. The minimum atomic E-state index is -0.185. The Bertz CT molecular complexity index is 346. The number of unbranched alkanes of at least 4 members (excludes halogenated alkanes) is 1. The van der Waals surface area contributed by atoms with Gasteiger partial charge in [-0.25, -0.2) is 0 Å². The van der Waals surface area contributed by atoms with Gasteiger partial charge in [0.25, 0.3) is 5.91 Å². The minimum Gasteiger partial charge on any atom is -0.456 e. The standard InChI is InChI=1S/C11H13NO2/c1-3-4-5-8-12-11(13)10-7-6-9(2)14-10/h1,6-7H,4-5,8H2,2H3,(H,12,13). The van der Waals surface area contributed by atoms with E-state index in [-0.39, 0.29) is 5.91 Å². The molecule has 0 aromatic carbocycles. The van der Waals surface area contributed by atoms with Crippen molar-refractivity contribution in [1.29, 1.82) is 0 Å². The smallest absolute Gasteiger partial charge is 0.286 e. The van der Waals surface area contributed by atoms with Crippen LogP contribution in [0.1, 0.15) is 29.2 Å². The molecule has 0 saturated carbocycles. The van der Waals surface area contributed by atoms with Crippen LogP contribution in [0.5, 0.6) is 0 Å². The summed E-state index contributed by atoms with van der Waals surface area (Å²) in [5, 5.41) is 2.72. The second-order valence-electron chi connectivity index (χ2n) is 2.97. The van der Waals surface area contributed by atoms with Crippen molar-refractivity contribution in [2.45, 2.75) is 19.8 Å². The molecular weight excluding hydrogens is 178 g/mol. The van der Waals surface area contributed by atoms with E-state index in [9.17, 15) is 4.79 Å². The average Bonchev–Trinajstić information content (AvgIpc) is 2.59. The Labute approximate surface area is 83.5 Å². The van der Waals surface area contributed by atoms with Crippen molar-refractivity contribution in [1.82, 2.24) is 5.32 Å². The van der Waals surface area contributed by atoms with Gasteiger partial charge in [0, 0.05) is 13.0 Å². The van der Waals surface area contributed by atoms with Gasteiger partial charge in [-0.3, -0.25) is 4.79 Å². The van der Waals surface area contributed by atoms with E-state index in [4.69, 9.17) is 10.8 Å². The molecule has 0 unspecified atom stereocenters. The fourth-order valence-corrected chi connectivity index (χ4v) is 1.04. The van der Waals surface area contributed by atoms with E-state index in [0.29, 0.717) is 18.7 Å². The molecule has 0 atom stereocenters. The molecule has 1 aromatic rings. The zero-order valence-electron chi connectivity index (χ0n) is 8.17. The van der Waals surface area contributed by atoms with Crippen molar-refractivity contribution in [3.05, 3.63) is 23.7 Å². The zero-order chi connectivity index (χ0) is 10.4. The maximum atomic E-state index is 11.4. The molecule has 1 aromatic heterocycles. The molecule has 14 heavy (non-hydrogen) atoms. The summed E-state index contributed by atoms with van der Waals surface area (Å²) in [4.78, 5) is 11.4. The lowest BCUT2D eigenvalue weighted by Gasteiger charge is -2.00. The molecule has 0 saturated heterocycles. The summed E-state index contributed by atoms with van der Waals surface area (Å²) in [5.41, 5.74) is 0. The molecule has 3 nitrogen and oxygen atoms in total. The lowest BCUT2D eigenvalue weighted by Crippen LogP contribution is -2.23. The normalized spacial score (nSPS) is 9.43. The Morgan fingerprint density at radius 3 is 3.00 bits per heavy atom. The van der Waals surface area contributed by atoms with Crippen LogP contribution < -0.4 is 5.32 Å². The highest BCUT2D eigenvalue weighted by molar-refractivity contribution is 5.91. The van der Waals surface area contributed by atoms with Crippen LogP contribution in [0, 0.1) is 19.3 Å². The number of carbonyl (C=O) groups is 1. The molecule has 0 fully saturated rings. The van der Waals surface area contributed by atoms with Gasteiger partial charge in [-0.2, -0.15) is 0 Å². The number of nitrogens with one attached hydrogen (secondary N) is 1. The first-order valence-electron chi connectivity index (χ1n) is 4.52. The van der Waals surface area contributed by atoms with Crippen molar-refractivity contribution in [2.24, 2.45) is 0 Å². The van der Waals surface area contributed by atoms with Gasteiger partial charge in [0.15, 0.2) is 5.76 Å². The molecule has 3 heteroatoms. The van der Waals surface area contributed by atoms with Crippen LogP contribution in [0.15, 0.2) is 16.5 Å². The molecule has 1 N–H and O–H groups in total. The van der Waals surface area contributed by atoms with E-state index < -0.39 is 0 Å². The van der Waals surface area contributed by atoms with E-state index in [0.717, 1.165) is 12.2 Å². The first-order chi connectivity index (χ1) is 6.74. The first-order valence-corrected chi connectivity index (χ1v) is 4.52. The van der Waals surface area contributed by atoms with Crippen molar-refractivity contribution >= 4 is 5.91 Å². The van der Waals surface area contributed by atoms with Gasteiger partial charge in [0.05, 0.1) is 0 Å². The van der Waals surface area contributed by atoms with Crippen LogP contribution >= 0.6 is 0 Å². The highest BCUT2D eigenvalue weighted by Gasteiger charge is 2.07. The Morgan fingerprint density at radius 1 is 1.64 bits per heavy atom. The van der Waals surface area contributed by atoms with E-state index in [2.05, 4.69) is 11.2 Å². The fourth-order valence-electron chi connectivity index (χ4n) is 1.04. The number of furan rings is 1. The minimum absolute atomic E-state index is 0.185. The monoisotopic (exact) mass is 191 g/mol. The van der Waals surface area contributed by atoms with Crippen LogP contribution in [-0.4, -0.2) is 12.5 Å². The van der Waals surface area contributed by atoms with Gasteiger partial charge in [-0.15, -0.1) is 12.3 Å². The largest absolute Gasteiger partial charge is 0.456 e. The first kappa shape index (κ1) is 10.4. The lowest BCUT2D eigenvalue weighted by molar-refractivity contribution is 0.0924. The Balaban J connectivity index is 2.33. The Kier molecular flexibility index (Phi) is 3.81. The zero-order valence-corrected chi connectivity index (χ0v) is 8.17. The van der Waals surface area contributed by atoms with Crippen LogP contribution in [-0.2, 0) is 0 Å². The molecule has 1 heterocycles. The average molecular weight is 191 g/mol. The maximum absolute atomic E-state index is 11.4. The number of hydrogen-bond acceptors (Lipinski definition) is 2. The third-order valence-electron chi connectivity index (χ3n) is 1.75. The summed E-state index contributed by atoms with van der Waals surface area (Å²) >= 11 is 0. The summed E-state index contributed by atoms with van der Waals surface area (Å²) in [5.74, 6) is 3.41. The molecule has 0 aliphatic rings. The topological polar surface area (TPSA) is 42.2 Å². The number of amides is 1. The quantitative estimate of drug-likeness (QED) is 0.581. The summed E-state index contributed by atoms with van der Waals surface area (Å²) < 4.78 is 5.15. The van der Waals surface area contributed by atoms with Gasteiger partial charge in [-0.05, 0) is 25.5 Å². The number of hydrogen-bond donors (Lipinski definition) is 1. The molecule has 74 valence electrons. The number of carbonyl (C=O) groups excluding carboxylic acids is 1. The summed E-state index contributed by atoms with van der Waals surface area (Å²) in [6.45, 7) is 2.39. The summed E-state index contributed by atoms with van der Waals surface area (Å²) in [6, 6.07) is 3.42. The van der Waals surface area contributed by atoms with Gasteiger partial charge in [0.2, 0.25) is 0 Å².